The highest BCUT2D eigenvalue weighted by molar-refractivity contribution is 5.91. The molecule has 0 amide bonds. The number of ether oxygens (including phenoxy) is 1. The molecule has 0 aromatic heterocycles. The standard InChI is InChI=1S/C28H29N5O3/c1-4-29-22-12-17-26(31-30-21-10-13-23(14-11-21)33(34)35)28(19-22)36-27-9-7-8-20-18-24(15-16-25(20)27)32(5-2)6-3/h7-19,29H,4-6H2,1-3H3. The number of nitro benzene ring substituents is 1. The molecule has 4 aromatic rings. The number of nitrogens with one attached hydrogen (secondary N) is 1. The fourth-order valence-corrected chi connectivity index (χ4v) is 3.98. The number of fused-ring (bicyclic) bond motifs is 1. The maximum absolute atomic E-state index is 10.9. The molecular weight excluding hydrogens is 454 g/mol. The van der Waals surface area contributed by atoms with E-state index in [4.69, 9.17) is 4.74 Å². The van der Waals surface area contributed by atoms with Gasteiger partial charge in [0.2, 0.25) is 0 Å². The first kappa shape index (κ1) is 24.7. The van der Waals surface area contributed by atoms with Crippen molar-refractivity contribution in [2.75, 3.05) is 29.9 Å². The molecule has 36 heavy (non-hydrogen) atoms. The summed E-state index contributed by atoms with van der Waals surface area (Å²) in [6.07, 6.45) is 0. The monoisotopic (exact) mass is 483 g/mol. The van der Waals surface area contributed by atoms with Crippen LogP contribution in [-0.2, 0) is 0 Å². The molecule has 0 aliphatic rings. The summed E-state index contributed by atoms with van der Waals surface area (Å²) in [5.74, 6) is 1.28. The SMILES string of the molecule is CCNc1ccc(N=Nc2ccc([N+](=O)[O-])cc2)c(Oc2cccc3cc(N(CC)CC)ccc23)c1. The average molecular weight is 484 g/mol. The quantitative estimate of drug-likeness (QED) is 0.139. The van der Waals surface area contributed by atoms with E-state index < -0.39 is 4.92 Å². The molecule has 0 saturated carbocycles. The minimum absolute atomic E-state index is 0.00747. The minimum atomic E-state index is -0.443. The van der Waals surface area contributed by atoms with Crippen molar-refractivity contribution in [1.29, 1.82) is 0 Å². The summed E-state index contributed by atoms with van der Waals surface area (Å²) in [6.45, 7) is 8.98. The maximum Gasteiger partial charge on any atom is 0.269 e. The predicted molar refractivity (Wildman–Crippen MR) is 145 cm³/mol. The molecule has 184 valence electrons. The Kier molecular flexibility index (Phi) is 7.75. The molecule has 8 heteroatoms. The Hall–Kier alpha value is -4.46. The van der Waals surface area contributed by atoms with Gasteiger partial charge in [-0.25, -0.2) is 0 Å². The summed E-state index contributed by atoms with van der Waals surface area (Å²) in [7, 11) is 0. The number of benzene rings is 4. The zero-order valence-corrected chi connectivity index (χ0v) is 20.6. The van der Waals surface area contributed by atoms with Crippen molar-refractivity contribution in [3.8, 4) is 11.5 Å². The summed E-state index contributed by atoms with van der Waals surface area (Å²) in [5, 5.41) is 24.9. The van der Waals surface area contributed by atoms with E-state index in [0.29, 0.717) is 17.1 Å². The maximum atomic E-state index is 10.9. The summed E-state index contributed by atoms with van der Waals surface area (Å²) >= 11 is 0. The van der Waals surface area contributed by atoms with E-state index >= 15 is 0 Å². The second-order valence-electron chi connectivity index (χ2n) is 8.12. The molecule has 0 atom stereocenters. The van der Waals surface area contributed by atoms with Gasteiger partial charge in [-0.05, 0) is 74.7 Å². The van der Waals surface area contributed by atoms with Crippen LogP contribution in [0.15, 0.2) is 89.1 Å². The van der Waals surface area contributed by atoms with Crippen LogP contribution in [0, 0.1) is 10.1 Å². The molecule has 8 nitrogen and oxygen atoms in total. The Balaban J connectivity index is 1.68. The van der Waals surface area contributed by atoms with E-state index in [1.807, 2.05) is 37.3 Å². The topological polar surface area (TPSA) is 92.4 Å². The molecule has 0 aliphatic carbocycles. The molecule has 0 fully saturated rings. The van der Waals surface area contributed by atoms with E-state index in [-0.39, 0.29) is 5.69 Å². The lowest BCUT2D eigenvalue weighted by Crippen LogP contribution is -2.21. The van der Waals surface area contributed by atoms with Crippen molar-refractivity contribution >= 4 is 39.2 Å². The van der Waals surface area contributed by atoms with E-state index in [0.717, 1.165) is 41.8 Å². The van der Waals surface area contributed by atoms with Crippen LogP contribution in [0.1, 0.15) is 20.8 Å². The zero-order chi connectivity index (χ0) is 25.5. The number of nitrogens with zero attached hydrogens (tertiary/aromatic N) is 4. The first-order valence-corrected chi connectivity index (χ1v) is 12.0. The van der Waals surface area contributed by atoms with Gasteiger partial charge in [0.05, 0.1) is 10.6 Å². The molecule has 0 bridgehead atoms. The van der Waals surface area contributed by atoms with E-state index in [2.05, 4.69) is 58.6 Å². The number of rotatable bonds is 10. The molecular formula is C28H29N5O3. The van der Waals surface area contributed by atoms with Gasteiger partial charge in [-0.1, -0.05) is 12.1 Å². The Morgan fingerprint density at radius 3 is 2.36 bits per heavy atom. The number of azo groups is 1. The first-order valence-electron chi connectivity index (χ1n) is 12.0. The van der Waals surface area contributed by atoms with Gasteiger partial charge in [-0.15, -0.1) is 5.11 Å². The summed E-state index contributed by atoms with van der Waals surface area (Å²) in [5.41, 5.74) is 3.15. The van der Waals surface area contributed by atoms with E-state index in [1.165, 1.54) is 17.8 Å². The van der Waals surface area contributed by atoms with Gasteiger partial charge in [0.25, 0.3) is 5.69 Å². The number of nitro groups is 1. The second kappa shape index (κ2) is 11.3. The molecule has 0 saturated heterocycles. The Bertz CT molecular complexity index is 1380. The number of anilines is 2. The highest BCUT2D eigenvalue weighted by atomic mass is 16.6. The lowest BCUT2D eigenvalue weighted by molar-refractivity contribution is -0.384. The Morgan fingerprint density at radius 1 is 0.889 bits per heavy atom. The second-order valence-corrected chi connectivity index (χ2v) is 8.12. The summed E-state index contributed by atoms with van der Waals surface area (Å²) in [4.78, 5) is 12.8. The van der Waals surface area contributed by atoms with Crippen LogP contribution in [-0.4, -0.2) is 24.6 Å². The lowest BCUT2D eigenvalue weighted by Gasteiger charge is -2.21. The van der Waals surface area contributed by atoms with Crippen LogP contribution >= 0.6 is 0 Å². The Labute approximate surface area is 210 Å². The summed E-state index contributed by atoms with van der Waals surface area (Å²) < 4.78 is 6.41. The van der Waals surface area contributed by atoms with Gasteiger partial charge < -0.3 is 15.0 Å². The van der Waals surface area contributed by atoms with Gasteiger partial charge in [0.1, 0.15) is 11.4 Å². The van der Waals surface area contributed by atoms with Crippen molar-refractivity contribution in [3.05, 3.63) is 89.0 Å². The highest BCUT2D eigenvalue weighted by Crippen LogP contribution is 2.38. The lowest BCUT2D eigenvalue weighted by atomic mass is 10.1. The number of non-ortho nitro benzene ring substituents is 1. The molecule has 4 rings (SSSR count). The Morgan fingerprint density at radius 2 is 1.67 bits per heavy atom. The third kappa shape index (κ3) is 5.60. The molecule has 0 radical (unpaired) electrons. The van der Waals surface area contributed by atoms with Crippen molar-refractivity contribution in [3.63, 3.8) is 0 Å². The third-order valence-corrected chi connectivity index (χ3v) is 5.85. The molecule has 1 N–H and O–H groups in total. The zero-order valence-electron chi connectivity index (χ0n) is 20.6. The first-order chi connectivity index (χ1) is 17.5. The normalized spacial score (nSPS) is 11.1. The fraction of sp³-hybridized carbons (Fsp3) is 0.214. The van der Waals surface area contributed by atoms with Crippen molar-refractivity contribution in [2.24, 2.45) is 10.2 Å². The van der Waals surface area contributed by atoms with Crippen molar-refractivity contribution < 1.29 is 9.66 Å². The molecule has 4 aromatic carbocycles. The molecule has 0 unspecified atom stereocenters. The van der Waals surface area contributed by atoms with Crippen LogP contribution in [0.5, 0.6) is 11.5 Å². The predicted octanol–water partition coefficient (Wildman–Crippen LogP) is 8.23. The molecule has 0 spiro atoms. The number of hydrogen-bond acceptors (Lipinski definition) is 7. The smallest absolute Gasteiger partial charge is 0.269 e. The van der Waals surface area contributed by atoms with Crippen molar-refractivity contribution in [2.45, 2.75) is 20.8 Å². The average Bonchev–Trinajstić information content (AvgIpc) is 2.89. The van der Waals surface area contributed by atoms with E-state index in [1.54, 1.807) is 12.1 Å². The largest absolute Gasteiger partial charge is 0.454 e. The van der Waals surface area contributed by atoms with Crippen LogP contribution < -0.4 is 15.0 Å². The third-order valence-electron chi connectivity index (χ3n) is 5.85. The van der Waals surface area contributed by atoms with Crippen LogP contribution in [0.2, 0.25) is 0 Å². The molecule has 0 aliphatic heterocycles. The van der Waals surface area contributed by atoms with Crippen LogP contribution in [0.25, 0.3) is 10.8 Å². The van der Waals surface area contributed by atoms with Crippen LogP contribution in [0.4, 0.5) is 28.4 Å². The fourth-order valence-electron chi connectivity index (χ4n) is 3.98. The van der Waals surface area contributed by atoms with Crippen LogP contribution in [0.3, 0.4) is 0 Å². The highest BCUT2D eigenvalue weighted by Gasteiger charge is 2.11. The van der Waals surface area contributed by atoms with Gasteiger partial charge in [-0.3, -0.25) is 10.1 Å². The number of hydrogen-bond donors (Lipinski definition) is 1. The molecule has 0 heterocycles. The minimum Gasteiger partial charge on any atom is -0.454 e. The van der Waals surface area contributed by atoms with Crippen molar-refractivity contribution in [1.82, 2.24) is 0 Å². The van der Waals surface area contributed by atoms with Gasteiger partial charge in [0.15, 0.2) is 5.75 Å². The summed E-state index contributed by atoms with van der Waals surface area (Å²) in [6, 6.07) is 24.0. The van der Waals surface area contributed by atoms with Gasteiger partial charge in [0, 0.05) is 54.6 Å². The van der Waals surface area contributed by atoms with Gasteiger partial charge >= 0.3 is 0 Å². The van der Waals surface area contributed by atoms with Gasteiger partial charge in [-0.2, -0.15) is 5.11 Å². The van der Waals surface area contributed by atoms with E-state index in [9.17, 15) is 10.1 Å².